The first-order chi connectivity index (χ1) is 8.15. The average Bonchev–Trinajstić information content (AvgIpc) is 2.28. The van der Waals surface area contributed by atoms with E-state index in [2.05, 4.69) is 26.6 Å². The van der Waals surface area contributed by atoms with E-state index in [0.29, 0.717) is 6.42 Å². The zero-order valence-corrected chi connectivity index (χ0v) is 11.3. The van der Waals surface area contributed by atoms with Crippen molar-refractivity contribution >= 4 is 27.6 Å². The maximum atomic E-state index is 11.6. The summed E-state index contributed by atoms with van der Waals surface area (Å²) in [6, 6.07) is 7.15. The van der Waals surface area contributed by atoms with E-state index in [1.165, 1.54) is 0 Å². The highest BCUT2D eigenvalue weighted by Gasteiger charge is 2.09. The van der Waals surface area contributed by atoms with Crippen molar-refractivity contribution in [2.45, 2.75) is 25.8 Å². The number of amides is 2. The Morgan fingerprint density at radius 3 is 2.88 bits per heavy atom. The highest BCUT2D eigenvalue weighted by atomic mass is 79.9. The quantitative estimate of drug-likeness (QED) is 0.783. The van der Waals surface area contributed by atoms with E-state index in [-0.39, 0.29) is 18.7 Å². The van der Waals surface area contributed by atoms with Gasteiger partial charge in [0.2, 0.25) is 0 Å². The Balaban J connectivity index is 2.49. The summed E-state index contributed by atoms with van der Waals surface area (Å²) >= 11 is 3.34. The number of carbonyl (C=O) groups is 1. The van der Waals surface area contributed by atoms with Crippen LogP contribution in [0.2, 0.25) is 0 Å². The van der Waals surface area contributed by atoms with Crippen molar-refractivity contribution in [1.82, 2.24) is 5.32 Å². The van der Waals surface area contributed by atoms with Gasteiger partial charge in [-0.2, -0.15) is 0 Å². The summed E-state index contributed by atoms with van der Waals surface area (Å²) in [5, 5.41) is 14.4. The molecule has 94 valence electrons. The first-order valence-corrected chi connectivity index (χ1v) is 6.39. The van der Waals surface area contributed by atoms with Crippen molar-refractivity contribution in [3.8, 4) is 0 Å². The summed E-state index contributed by atoms with van der Waals surface area (Å²) in [4.78, 5) is 11.6. The standard InChI is InChI=1S/C12H17BrN2O2/c1-2-10(6-7-16)14-12(17)15-11-5-3-4-9(13)8-11/h3-5,8,10,16H,2,6-7H2,1H3,(H2,14,15,17). The van der Waals surface area contributed by atoms with Crippen LogP contribution in [0.3, 0.4) is 0 Å². The maximum absolute atomic E-state index is 11.6. The molecule has 1 aromatic rings. The molecule has 1 atom stereocenters. The van der Waals surface area contributed by atoms with Crippen LogP contribution in [0.25, 0.3) is 0 Å². The molecule has 3 N–H and O–H groups in total. The fraction of sp³-hybridized carbons (Fsp3) is 0.417. The lowest BCUT2D eigenvalue weighted by atomic mass is 10.2. The zero-order chi connectivity index (χ0) is 12.7. The van der Waals surface area contributed by atoms with Gasteiger partial charge in [-0.1, -0.05) is 28.9 Å². The van der Waals surface area contributed by atoms with E-state index in [1.54, 1.807) is 0 Å². The van der Waals surface area contributed by atoms with Crippen LogP contribution in [-0.4, -0.2) is 23.8 Å². The minimum Gasteiger partial charge on any atom is -0.396 e. The van der Waals surface area contributed by atoms with E-state index >= 15 is 0 Å². The molecule has 0 bridgehead atoms. The summed E-state index contributed by atoms with van der Waals surface area (Å²) in [5.41, 5.74) is 0.732. The summed E-state index contributed by atoms with van der Waals surface area (Å²) in [5.74, 6) is 0. The van der Waals surface area contributed by atoms with Gasteiger partial charge in [-0.15, -0.1) is 0 Å². The Kier molecular flexibility index (Phi) is 6.00. The fourth-order valence-corrected chi connectivity index (χ4v) is 1.85. The molecule has 1 aromatic carbocycles. The number of hydrogen-bond donors (Lipinski definition) is 3. The van der Waals surface area contributed by atoms with E-state index in [9.17, 15) is 4.79 Å². The third-order valence-corrected chi connectivity index (χ3v) is 2.88. The molecule has 0 spiro atoms. The summed E-state index contributed by atoms with van der Waals surface area (Å²) in [6.07, 6.45) is 1.37. The molecule has 0 aliphatic rings. The second-order valence-electron chi connectivity index (χ2n) is 3.73. The Morgan fingerprint density at radius 1 is 1.53 bits per heavy atom. The number of carbonyl (C=O) groups excluding carboxylic acids is 1. The summed E-state index contributed by atoms with van der Waals surface area (Å²) < 4.78 is 0.915. The second kappa shape index (κ2) is 7.29. The molecule has 1 unspecified atom stereocenters. The molecule has 0 aliphatic carbocycles. The molecule has 0 heterocycles. The van der Waals surface area contributed by atoms with Gasteiger partial charge in [0.25, 0.3) is 0 Å². The zero-order valence-electron chi connectivity index (χ0n) is 9.74. The van der Waals surface area contributed by atoms with Gasteiger partial charge in [0.05, 0.1) is 0 Å². The van der Waals surface area contributed by atoms with Crippen LogP contribution < -0.4 is 10.6 Å². The Labute approximate surface area is 110 Å². The van der Waals surface area contributed by atoms with E-state index in [4.69, 9.17) is 5.11 Å². The van der Waals surface area contributed by atoms with Crippen molar-refractivity contribution in [1.29, 1.82) is 0 Å². The number of halogens is 1. The van der Waals surface area contributed by atoms with Gasteiger partial charge in [-0.05, 0) is 31.0 Å². The number of anilines is 1. The number of hydrogen-bond acceptors (Lipinski definition) is 2. The average molecular weight is 301 g/mol. The van der Waals surface area contributed by atoms with E-state index in [0.717, 1.165) is 16.6 Å². The largest absolute Gasteiger partial charge is 0.396 e. The Hall–Kier alpha value is -1.07. The third kappa shape index (κ3) is 5.19. The summed E-state index contributed by atoms with van der Waals surface area (Å²) in [7, 11) is 0. The molecule has 0 fully saturated rings. The lowest BCUT2D eigenvalue weighted by Crippen LogP contribution is -2.38. The minimum atomic E-state index is -0.247. The van der Waals surface area contributed by atoms with E-state index < -0.39 is 0 Å². The van der Waals surface area contributed by atoms with Crippen LogP contribution in [0.1, 0.15) is 19.8 Å². The number of urea groups is 1. The van der Waals surface area contributed by atoms with Crippen molar-refractivity contribution in [3.63, 3.8) is 0 Å². The number of rotatable bonds is 5. The van der Waals surface area contributed by atoms with Gasteiger partial charge in [0, 0.05) is 22.8 Å². The van der Waals surface area contributed by atoms with Crippen molar-refractivity contribution < 1.29 is 9.90 Å². The van der Waals surface area contributed by atoms with Crippen LogP contribution in [0, 0.1) is 0 Å². The van der Waals surface area contributed by atoms with Gasteiger partial charge in [-0.25, -0.2) is 4.79 Å². The molecule has 0 saturated heterocycles. The van der Waals surface area contributed by atoms with Gasteiger partial charge in [0.1, 0.15) is 0 Å². The van der Waals surface area contributed by atoms with E-state index in [1.807, 2.05) is 31.2 Å². The predicted octanol–water partition coefficient (Wildman–Crippen LogP) is 2.73. The lowest BCUT2D eigenvalue weighted by Gasteiger charge is -2.16. The molecule has 2 amide bonds. The highest BCUT2D eigenvalue weighted by molar-refractivity contribution is 9.10. The van der Waals surface area contributed by atoms with Crippen molar-refractivity contribution in [2.24, 2.45) is 0 Å². The smallest absolute Gasteiger partial charge is 0.319 e. The molecule has 0 radical (unpaired) electrons. The normalized spacial score (nSPS) is 11.9. The second-order valence-corrected chi connectivity index (χ2v) is 4.64. The molecular weight excluding hydrogens is 284 g/mol. The Morgan fingerprint density at radius 2 is 2.29 bits per heavy atom. The molecule has 1 rings (SSSR count). The van der Waals surface area contributed by atoms with Crippen LogP contribution >= 0.6 is 15.9 Å². The molecular formula is C12H17BrN2O2. The van der Waals surface area contributed by atoms with Crippen molar-refractivity contribution in [2.75, 3.05) is 11.9 Å². The van der Waals surface area contributed by atoms with Crippen LogP contribution in [-0.2, 0) is 0 Å². The number of aliphatic hydroxyl groups excluding tert-OH is 1. The van der Waals surface area contributed by atoms with Gasteiger partial charge in [-0.3, -0.25) is 0 Å². The SMILES string of the molecule is CCC(CCO)NC(=O)Nc1cccc(Br)c1. The molecule has 0 aromatic heterocycles. The molecule has 0 saturated carbocycles. The maximum Gasteiger partial charge on any atom is 0.319 e. The fourth-order valence-electron chi connectivity index (χ4n) is 1.45. The molecule has 4 nitrogen and oxygen atoms in total. The lowest BCUT2D eigenvalue weighted by molar-refractivity contribution is 0.237. The van der Waals surface area contributed by atoms with Crippen molar-refractivity contribution in [3.05, 3.63) is 28.7 Å². The Bertz CT molecular complexity index is 371. The minimum absolute atomic E-state index is 0.00662. The number of benzene rings is 1. The van der Waals surface area contributed by atoms with Crippen LogP contribution in [0.15, 0.2) is 28.7 Å². The van der Waals surface area contributed by atoms with Crippen LogP contribution in [0.4, 0.5) is 10.5 Å². The van der Waals surface area contributed by atoms with Gasteiger partial charge < -0.3 is 15.7 Å². The number of nitrogens with one attached hydrogen (secondary N) is 2. The third-order valence-electron chi connectivity index (χ3n) is 2.39. The summed E-state index contributed by atoms with van der Waals surface area (Å²) in [6.45, 7) is 2.05. The first-order valence-electron chi connectivity index (χ1n) is 5.59. The number of aliphatic hydroxyl groups is 1. The first kappa shape index (κ1) is 14.0. The highest BCUT2D eigenvalue weighted by Crippen LogP contribution is 2.15. The van der Waals surface area contributed by atoms with Crippen LogP contribution in [0.5, 0.6) is 0 Å². The monoisotopic (exact) mass is 300 g/mol. The van der Waals surface area contributed by atoms with Gasteiger partial charge >= 0.3 is 6.03 Å². The molecule has 17 heavy (non-hydrogen) atoms. The molecule has 0 aliphatic heterocycles. The topological polar surface area (TPSA) is 61.4 Å². The molecule has 5 heteroatoms. The van der Waals surface area contributed by atoms with Gasteiger partial charge in [0.15, 0.2) is 0 Å². The predicted molar refractivity (Wildman–Crippen MR) is 72.1 cm³/mol.